The molecule has 0 spiro atoms. The normalized spacial score (nSPS) is 9.33. The fourth-order valence-corrected chi connectivity index (χ4v) is 0.405. The smallest absolute Gasteiger partial charge is 0.371 e. The number of H-pyrrole nitrogens is 1. The Hall–Kier alpha value is -1.52. The Bertz CT molecular complexity index is 270. The van der Waals surface area contributed by atoms with Gasteiger partial charge in [0.1, 0.15) is 0 Å². The van der Waals surface area contributed by atoms with Crippen LogP contribution in [0.5, 0.6) is 0 Å². The zero-order valence-electron chi connectivity index (χ0n) is 4.25. The maximum atomic E-state index is 10.3. The number of rotatable bonds is 1. The van der Waals surface area contributed by atoms with Crippen molar-refractivity contribution < 1.29 is 14.4 Å². The predicted octanol–water partition coefficient (Wildman–Crippen LogP) is -0.334. The van der Waals surface area contributed by atoms with Crippen molar-refractivity contribution >= 4 is 5.97 Å². The summed E-state index contributed by atoms with van der Waals surface area (Å²) in [6.07, 6.45) is 0.991. The predicted molar refractivity (Wildman–Crippen MR) is 26.3 cm³/mol. The highest BCUT2D eigenvalue weighted by Crippen LogP contribution is 1.85. The number of aromatic carboxylic acids is 1. The summed E-state index contributed by atoms with van der Waals surface area (Å²) < 4.78 is 4.06. The first-order chi connectivity index (χ1) is 4.22. The van der Waals surface area contributed by atoms with Crippen LogP contribution in [0, 0.1) is 0 Å². The van der Waals surface area contributed by atoms with Crippen molar-refractivity contribution in [1.29, 1.82) is 0 Å². The van der Waals surface area contributed by atoms with Crippen molar-refractivity contribution in [2.24, 2.45) is 0 Å². The number of hydrogen-bond donors (Lipinski definition) is 2. The minimum absolute atomic E-state index is 0.380. The lowest BCUT2D eigenvalue weighted by Crippen LogP contribution is -2.07. The molecule has 0 radical (unpaired) electrons. The van der Waals surface area contributed by atoms with E-state index in [1.165, 1.54) is 0 Å². The standard InChI is InChI=1S/C4H3NO4/c6-3(7)2-1-5-9-4(2)8/h1,5H,(H,6,7). The van der Waals surface area contributed by atoms with Crippen LogP contribution in [0.15, 0.2) is 15.5 Å². The van der Waals surface area contributed by atoms with Crippen molar-refractivity contribution in [3.8, 4) is 0 Å². The van der Waals surface area contributed by atoms with Gasteiger partial charge in [0.25, 0.3) is 0 Å². The molecule has 0 bridgehead atoms. The van der Waals surface area contributed by atoms with Gasteiger partial charge in [-0.1, -0.05) is 0 Å². The lowest BCUT2D eigenvalue weighted by atomic mass is 10.4. The molecule has 1 heterocycles. The van der Waals surface area contributed by atoms with Crippen LogP contribution >= 0.6 is 0 Å². The van der Waals surface area contributed by atoms with Gasteiger partial charge in [0.15, 0.2) is 5.56 Å². The van der Waals surface area contributed by atoms with Crippen molar-refractivity contribution in [1.82, 2.24) is 5.16 Å². The van der Waals surface area contributed by atoms with Gasteiger partial charge >= 0.3 is 11.6 Å². The summed E-state index contributed by atoms with van der Waals surface area (Å²) in [5, 5.41) is 10.2. The molecule has 0 aliphatic heterocycles. The number of hydrogen-bond acceptors (Lipinski definition) is 3. The van der Waals surface area contributed by atoms with E-state index in [1.807, 2.05) is 5.16 Å². The molecule has 0 atom stereocenters. The summed E-state index contributed by atoms with van der Waals surface area (Å²) in [4.78, 5) is 20.3. The molecular formula is C4H3NO4. The Morgan fingerprint density at radius 3 is 2.67 bits per heavy atom. The summed E-state index contributed by atoms with van der Waals surface area (Å²) in [5.74, 6) is -1.29. The number of carbonyl (C=O) groups is 1. The first kappa shape index (κ1) is 5.61. The maximum Gasteiger partial charge on any atom is 0.371 e. The van der Waals surface area contributed by atoms with Crippen molar-refractivity contribution in [2.45, 2.75) is 0 Å². The highest BCUT2D eigenvalue weighted by atomic mass is 16.5. The van der Waals surface area contributed by atoms with Crippen molar-refractivity contribution in [2.75, 3.05) is 0 Å². The van der Waals surface area contributed by atoms with Crippen LogP contribution in [-0.2, 0) is 0 Å². The van der Waals surface area contributed by atoms with Crippen LogP contribution in [0.2, 0.25) is 0 Å². The Kier molecular flexibility index (Phi) is 1.11. The summed E-state index contributed by atoms with van der Waals surface area (Å²) in [5.41, 5.74) is -1.24. The molecule has 0 saturated heterocycles. The van der Waals surface area contributed by atoms with Crippen LogP contribution in [0.1, 0.15) is 10.4 Å². The number of aromatic nitrogens is 1. The van der Waals surface area contributed by atoms with Gasteiger partial charge in [0.05, 0.1) is 6.20 Å². The van der Waals surface area contributed by atoms with Gasteiger partial charge in [-0.05, 0) is 0 Å². The summed E-state index contributed by atoms with van der Waals surface area (Å²) in [6, 6.07) is 0. The first-order valence-electron chi connectivity index (χ1n) is 2.12. The Morgan fingerprint density at radius 2 is 2.44 bits per heavy atom. The molecule has 48 valence electrons. The second kappa shape index (κ2) is 1.77. The largest absolute Gasteiger partial charge is 0.477 e. The van der Waals surface area contributed by atoms with Gasteiger partial charge in [-0.15, -0.1) is 0 Å². The average molecular weight is 129 g/mol. The van der Waals surface area contributed by atoms with Gasteiger partial charge in [-0.25, -0.2) is 14.7 Å². The van der Waals surface area contributed by atoms with Crippen LogP contribution in [0.3, 0.4) is 0 Å². The fourth-order valence-electron chi connectivity index (χ4n) is 0.405. The minimum Gasteiger partial charge on any atom is -0.477 e. The highest BCUT2D eigenvalue weighted by Gasteiger charge is 2.09. The van der Waals surface area contributed by atoms with E-state index >= 15 is 0 Å². The van der Waals surface area contributed by atoms with Crippen LogP contribution in [0.25, 0.3) is 0 Å². The van der Waals surface area contributed by atoms with E-state index < -0.39 is 11.6 Å². The zero-order chi connectivity index (χ0) is 6.85. The second-order valence-corrected chi connectivity index (χ2v) is 1.37. The van der Waals surface area contributed by atoms with Gasteiger partial charge in [-0.2, -0.15) is 0 Å². The topological polar surface area (TPSA) is 83.3 Å². The van der Waals surface area contributed by atoms with E-state index in [9.17, 15) is 9.59 Å². The molecule has 0 fully saturated rings. The third-order valence-electron chi connectivity index (χ3n) is 0.805. The molecule has 0 amide bonds. The third kappa shape index (κ3) is 0.835. The van der Waals surface area contributed by atoms with Crippen LogP contribution < -0.4 is 5.63 Å². The lowest BCUT2D eigenvalue weighted by molar-refractivity contribution is 0.0694. The summed E-state index contributed by atoms with van der Waals surface area (Å²) in [6.45, 7) is 0. The molecule has 0 unspecified atom stereocenters. The molecule has 0 saturated carbocycles. The molecule has 1 aromatic rings. The van der Waals surface area contributed by atoms with Gasteiger partial charge in [-0.3, -0.25) is 0 Å². The van der Waals surface area contributed by atoms with Crippen LogP contribution in [0.4, 0.5) is 0 Å². The molecule has 1 rings (SSSR count). The molecule has 1 aromatic heterocycles. The molecule has 5 heteroatoms. The lowest BCUT2D eigenvalue weighted by Gasteiger charge is -1.75. The Labute approximate surface area is 48.9 Å². The SMILES string of the molecule is O=C(O)c1c[nH]oc1=O. The van der Waals surface area contributed by atoms with Crippen LogP contribution in [-0.4, -0.2) is 16.2 Å². The molecule has 9 heavy (non-hydrogen) atoms. The third-order valence-corrected chi connectivity index (χ3v) is 0.805. The summed E-state index contributed by atoms with van der Waals surface area (Å²) in [7, 11) is 0. The number of carboxylic acid groups (broad SMARTS) is 1. The number of carboxylic acids is 1. The van der Waals surface area contributed by atoms with E-state index in [0.29, 0.717) is 0 Å². The quantitative estimate of drug-likeness (QED) is 0.543. The number of aromatic amines is 1. The van der Waals surface area contributed by atoms with Gasteiger partial charge in [0.2, 0.25) is 0 Å². The Balaban J connectivity index is 3.24. The van der Waals surface area contributed by atoms with Crippen molar-refractivity contribution in [3.63, 3.8) is 0 Å². The number of nitrogens with one attached hydrogen (secondary N) is 1. The van der Waals surface area contributed by atoms with Crippen molar-refractivity contribution in [3.05, 3.63) is 22.2 Å². The second-order valence-electron chi connectivity index (χ2n) is 1.37. The van der Waals surface area contributed by atoms with E-state index in [1.54, 1.807) is 0 Å². The molecule has 0 aliphatic rings. The summed E-state index contributed by atoms with van der Waals surface area (Å²) >= 11 is 0. The minimum atomic E-state index is -1.29. The molecule has 0 aliphatic carbocycles. The average Bonchev–Trinajstić information content (AvgIpc) is 2.13. The molecule has 2 N–H and O–H groups in total. The van der Waals surface area contributed by atoms with E-state index in [0.717, 1.165) is 6.20 Å². The first-order valence-corrected chi connectivity index (χ1v) is 2.12. The zero-order valence-corrected chi connectivity index (χ0v) is 4.25. The van der Waals surface area contributed by atoms with E-state index in [-0.39, 0.29) is 5.56 Å². The van der Waals surface area contributed by atoms with Gasteiger partial charge in [0, 0.05) is 0 Å². The maximum absolute atomic E-state index is 10.3. The van der Waals surface area contributed by atoms with Gasteiger partial charge < -0.3 is 9.63 Å². The van der Waals surface area contributed by atoms with E-state index in [4.69, 9.17) is 5.11 Å². The molecule has 0 aromatic carbocycles. The monoisotopic (exact) mass is 129 g/mol. The van der Waals surface area contributed by atoms with E-state index in [2.05, 4.69) is 4.52 Å². The Morgan fingerprint density at radius 1 is 1.78 bits per heavy atom. The molecular weight excluding hydrogens is 126 g/mol. The fraction of sp³-hybridized carbons (Fsp3) is 0. The highest BCUT2D eigenvalue weighted by molar-refractivity contribution is 5.86. The molecule has 5 nitrogen and oxygen atoms in total.